The number of carboxylic acids is 1. The van der Waals surface area contributed by atoms with E-state index in [1.54, 1.807) is 4.90 Å². The van der Waals surface area contributed by atoms with Gasteiger partial charge < -0.3 is 20.4 Å². The number of carboxylic acid groups (broad SMARTS) is 1. The Morgan fingerprint density at radius 2 is 2.00 bits per heavy atom. The molecule has 19 heavy (non-hydrogen) atoms. The van der Waals surface area contributed by atoms with Crippen molar-refractivity contribution >= 4 is 12.0 Å². The predicted molar refractivity (Wildman–Crippen MR) is 70.8 cm³/mol. The van der Waals surface area contributed by atoms with Crippen LogP contribution in [0.3, 0.4) is 0 Å². The summed E-state index contributed by atoms with van der Waals surface area (Å²) in [6.45, 7) is 5.95. The molecule has 1 fully saturated rings. The number of aliphatic hydroxyl groups is 1. The summed E-state index contributed by atoms with van der Waals surface area (Å²) in [5, 5.41) is 21.1. The number of rotatable bonds is 7. The van der Waals surface area contributed by atoms with Crippen LogP contribution in [-0.2, 0) is 4.79 Å². The van der Waals surface area contributed by atoms with E-state index in [1.807, 2.05) is 13.8 Å². The van der Waals surface area contributed by atoms with Crippen molar-refractivity contribution in [1.82, 2.24) is 10.2 Å². The van der Waals surface area contributed by atoms with Crippen LogP contribution in [-0.4, -0.2) is 51.8 Å². The average molecular weight is 272 g/mol. The van der Waals surface area contributed by atoms with E-state index < -0.39 is 18.0 Å². The second-order valence-corrected chi connectivity index (χ2v) is 5.92. The molecule has 1 saturated carbocycles. The third-order valence-corrected chi connectivity index (χ3v) is 3.19. The molecule has 1 aliphatic rings. The normalized spacial score (nSPS) is 17.9. The van der Waals surface area contributed by atoms with E-state index in [4.69, 9.17) is 5.11 Å². The lowest BCUT2D eigenvalue weighted by Crippen LogP contribution is -2.50. The van der Waals surface area contributed by atoms with Gasteiger partial charge in [0.1, 0.15) is 0 Å². The fraction of sp³-hybridized carbons (Fsp3) is 0.846. The molecule has 0 aromatic heterocycles. The summed E-state index contributed by atoms with van der Waals surface area (Å²) in [5.41, 5.74) is -1.43. The number of nitrogens with one attached hydrogen (secondary N) is 1. The molecule has 110 valence electrons. The highest BCUT2D eigenvalue weighted by molar-refractivity contribution is 5.75. The summed E-state index contributed by atoms with van der Waals surface area (Å²) in [5.74, 6) is -0.495. The highest BCUT2D eigenvalue weighted by atomic mass is 16.4. The van der Waals surface area contributed by atoms with Crippen molar-refractivity contribution in [3.63, 3.8) is 0 Å². The lowest BCUT2D eigenvalue weighted by atomic mass is 10.0. The van der Waals surface area contributed by atoms with Gasteiger partial charge in [-0.05, 0) is 39.5 Å². The van der Waals surface area contributed by atoms with E-state index in [0.29, 0.717) is 5.92 Å². The van der Waals surface area contributed by atoms with Gasteiger partial charge in [-0.1, -0.05) is 0 Å². The third kappa shape index (κ3) is 5.92. The van der Waals surface area contributed by atoms with Crippen LogP contribution in [0.25, 0.3) is 0 Å². The van der Waals surface area contributed by atoms with Gasteiger partial charge in [0.05, 0.1) is 12.0 Å². The highest BCUT2D eigenvalue weighted by Crippen LogP contribution is 2.30. The SMILES string of the molecule is CC(C)N(CC1CC1)C(=O)NCC(C)(O)CC(=O)O. The zero-order chi connectivity index (χ0) is 14.6. The molecule has 6 nitrogen and oxygen atoms in total. The molecule has 0 spiro atoms. The topological polar surface area (TPSA) is 89.9 Å². The Labute approximate surface area is 113 Å². The minimum atomic E-state index is -1.43. The molecule has 1 rings (SSSR count). The van der Waals surface area contributed by atoms with Gasteiger partial charge in [-0.2, -0.15) is 0 Å². The van der Waals surface area contributed by atoms with Crippen molar-refractivity contribution < 1.29 is 19.8 Å². The van der Waals surface area contributed by atoms with Crippen molar-refractivity contribution in [3.05, 3.63) is 0 Å². The molecule has 1 atom stereocenters. The Kier molecular flexibility index (Phi) is 5.17. The average Bonchev–Trinajstić information content (AvgIpc) is 3.04. The maximum Gasteiger partial charge on any atom is 0.317 e. The van der Waals surface area contributed by atoms with Crippen LogP contribution < -0.4 is 5.32 Å². The molecular weight excluding hydrogens is 248 g/mol. The molecule has 0 aromatic rings. The van der Waals surface area contributed by atoms with Gasteiger partial charge in [0.2, 0.25) is 0 Å². The van der Waals surface area contributed by atoms with E-state index in [1.165, 1.54) is 6.92 Å². The van der Waals surface area contributed by atoms with E-state index in [-0.39, 0.29) is 18.6 Å². The van der Waals surface area contributed by atoms with E-state index >= 15 is 0 Å². The first-order chi connectivity index (χ1) is 8.71. The van der Waals surface area contributed by atoms with Crippen LogP contribution in [0.4, 0.5) is 4.79 Å². The zero-order valence-corrected chi connectivity index (χ0v) is 11.8. The molecule has 0 radical (unpaired) electrons. The predicted octanol–water partition coefficient (Wildman–Crippen LogP) is 1.04. The molecule has 0 aromatic carbocycles. The fourth-order valence-corrected chi connectivity index (χ4v) is 1.86. The first-order valence-electron chi connectivity index (χ1n) is 6.70. The summed E-state index contributed by atoms with van der Waals surface area (Å²) in [6.07, 6.45) is 1.93. The number of carbonyl (C=O) groups excluding carboxylic acids is 1. The smallest absolute Gasteiger partial charge is 0.317 e. The van der Waals surface area contributed by atoms with Crippen LogP contribution in [0.5, 0.6) is 0 Å². The van der Waals surface area contributed by atoms with Crippen LogP contribution >= 0.6 is 0 Å². The Bertz CT molecular complexity index is 338. The molecule has 1 unspecified atom stereocenters. The maximum absolute atomic E-state index is 12.0. The summed E-state index contributed by atoms with van der Waals surface area (Å²) < 4.78 is 0. The van der Waals surface area contributed by atoms with E-state index in [0.717, 1.165) is 19.4 Å². The Hall–Kier alpha value is -1.30. The van der Waals surface area contributed by atoms with Gasteiger partial charge in [-0.15, -0.1) is 0 Å². The number of aliphatic carboxylic acids is 1. The van der Waals surface area contributed by atoms with Crippen molar-refractivity contribution in [2.75, 3.05) is 13.1 Å². The highest BCUT2D eigenvalue weighted by Gasteiger charge is 2.30. The first kappa shape index (κ1) is 15.8. The van der Waals surface area contributed by atoms with Crippen LogP contribution in [0.2, 0.25) is 0 Å². The second-order valence-electron chi connectivity index (χ2n) is 5.92. The molecule has 0 bridgehead atoms. The van der Waals surface area contributed by atoms with Crippen molar-refractivity contribution in [3.8, 4) is 0 Å². The number of amides is 2. The summed E-state index contributed by atoms with van der Waals surface area (Å²) in [6, 6.07) is -0.155. The number of urea groups is 1. The Morgan fingerprint density at radius 3 is 2.42 bits per heavy atom. The summed E-state index contributed by atoms with van der Waals surface area (Å²) in [7, 11) is 0. The largest absolute Gasteiger partial charge is 0.481 e. The van der Waals surface area contributed by atoms with E-state index in [9.17, 15) is 14.7 Å². The second kappa shape index (κ2) is 6.23. The van der Waals surface area contributed by atoms with Gasteiger partial charge in [0, 0.05) is 19.1 Å². The molecule has 0 heterocycles. The summed E-state index contributed by atoms with van der Waals surface area (Å²) >= 11 is 0. The number of hydrogen-bond donors (Lipinski definition) is 3. The molecule has 6 heteroatoms. The van der Waals surface area contributed by atoms with Crippen molar-refractivity contribution in [1.29, 1.82) is 0 Å². The first-order valence-corrected chi connectivity index (χ1v) is 6.70. The van der Waals surface area contributed by atoms with Crippen LogP contribution in [0.1, 0.15) is 40.0 Å². The maximum atomic E-state index is 12.0. The van der Waals surface area contributed by atoms with Crippen LogP contribution in [0.15, 0.2) is 0 Å². The molecule has 1 aliphatic carbocycles. The molecular formula is C13H24N2O4. The molecule has 0 saturated heterocycles. The monoisotopic (exact) mass is 272 g/mol. The lowest BCUT2D eigenvalue weighted by Gasteiger charge is -2.29. The summed E-state index contributed by atoms with van der Waals surface area (Å²) in [4.78, 5) is 24.3. The minimum Gasteiger partial charge on any atom is -0.481 e. The number of carbonyl (C=O) groups is 2. The standard InChI is InChI=1S/C13H24N2O4/c1-9(2)15(7-10-4-5-10)12(18)14-8-13(3,19)6-11(16)17/h9-10,19H,4-8H2,1-3H3,(H,14,18)(H,16,17). The third-order valence-electron chi connectivity index (χ3n) is 3.19. The van der Waals surface area contributed by atoms with E-state index in [2.05, 4.69) is 5.32 Å². The van der Waals surface area contributed by atoms with Crippen molar-refractivity contribution in [2.45, 2.75) is 51.7 Å². The lowest BCUT2D eigenvalue weighted by molar-refractivity contribution is -0.141. The minimum absolute atomic E-state index is 0.0635. The molecule has 3 N–H and O–H groups in total. The number of hydrogen-bond acceptors (Lipinski definition) is 3. The fourth-order valence-electron chi connectivity index (χ4n) is 1.86. The van der Waals surface area contributed by atoms with Crippen LogP contribution in [0, 0.1) is 5.92 Å². The quantitative estimate of drug-likeness (QED) is 0.646. The molecule has 0 aliphatic heterocycles. The Morgan fingerprint density at radius 1 is 1.42 bits per heavy atom. The number of nitrogens with zero attached hydrogens (tertiary/aromatic N) is 1. The van der Waals surface area contributed by atoms with Gasteiger partial charge in [-0.3, -0.25) is 4.79 Å². The Balaban J connectivity index is 2.44. The zero-order valence-electron chi connectivity index (χ0n) is 11.8. The molecule has 2 amide bonds. The van der Waals surface area contributed by atoms with Gasteiger partial charge in [0.15, 0.2) is 0 Å². The van der Waals surface area contributed by atoms with Crippen molar-refractivity contribution in [2.24, 2.45) is 5.92 Å². The van der Waals surface area contributed by atoms with Gasteiger partial charge >= 0.3 is 12.0 Å². The van der Waals surface area contributed by atoms with Gasteiger partial charge in [0.25, 0.3) is 0 Å². The van der Waals surface area contributed by atoms with Gasteiger partial charge in [-0.25, -0.2) is 4.79 Å².